The number of aromatic nitrogens is 1. The van der Waals surface area contributed by atoms with Crippen LogP contribution in [0.5, 0.6) is 5.75 Å². The van der Waals surface area contributed by atoms with Crippen molar-refractivity contribution in [3.05, 3.63) is 77.0 Å². The van der Waals surface area contributed by atoms with E-state index in [1.54, 1.807) is 37.5 Å². The van der Waals surface area contributed by atoms with Crippen LogP contribution in [-0.2, 0) is 0 Å². The van der Waals surface area contributed by atoms with Gasteiger partial charge in [-0.1, -0.05) is 29.8 Å². The van der Waals surface area contributed by atoms with E-state index in [4.69, 9.17) is 16.3 Å². The third-order valence-electron chi connectivity index (χ3n) is 3.49. The second-order valence-electron chi connectivity index (χ2n) is 4.99. The lowest BCUT2D eigenvalue weighted by Gasteiger charge is -2.02. The van der Waals surface area contributed by atoms with Gasteiger partial charge in [-0.25, -0.2) is 4.98 Å². The van der Waals surface area contributed by atoms with Crippen LogP contribution < -0.4 is 4.74 Å². The van der Waals surface area contributed by atoms with Crippen molar-refractivity contribution in [1.82, 2.24) is 4.98 Å². The van der Waals surface area contributed by atoms with Gasteiger partial charge in [-0.15, -0.1) is 0 Å². The van der Waals surface area contributed by atoms with Gasteiger partial charge in [0.1, 0.15) is 10.9 Å². The Morgan fingerprint density at radius 1 is 1.13 bits per heavy atom. The number of carbonyl (C=O) groups excluding carboxylic acids is 1. The number of hydrogen-bond acceptors (Lipinski definition) is 3. The standard InChI is InChI=1S/C19H14ClNO2/c1-23-16-9-6-13(7-10-16)18(22)11-8-15-12-14-4-2-3-5-17(14)21-19(15)20/h2-12H,1H3/b11-8+. The van der Waals surface area contributed by atoms with Crippen LogP contribution >= 0.6 is 11.6 Å². The Balaban J connectivity index is 1.86. The molecule has 0 aliphatic carbocycles. The van der Waals surface area contributed by atoms with E-state index in [2.05, 4.69) is 4.98 Å². The minimum absolute atomic E-state index is 0.100. The molecule has 0 fully saturated rings. The predicted octanol–water partition coefficient (Wildman–Crippen LogP) is 4.79. The van der Waals surface area contributed by atoms with Crippen LogP contribution in [0.25, 0.3) is 17.0 Å². The van der Waals surface area contributed by atoms with Crippen LogP contribution in [-0.4, -0.2) is 17.9 Å². The van der Waals surface area contributed by atoms with E-state index in [-0.39, 0.29) is 5.78 Å². The average Bonchev–Trinajstić information content (AvgIpc) is 2.59. The van der Waals surface area contributed by atoms with Gasteiger partial charge in [0.15, 0.2) is 5.78 Å². The molecule has 0 saturated heterocycles. The molecule has 4 heteroatoms. The predicted molar refractivity (Wildman–Crippen MR) is 93.1 cm³/mol. The number of nitrogens with zero attached hydrogens (tertiary/aromatic N) is 1. The van der Waals surface area contributed by atoms with Gasteiger partial charge in [0, 0.05) is 16.5 Å². The molecule has 2 aromatic carbocycles. The molecule has 3 nitrogen and oxygen atoms in total. The lowest BCUT2D eigenvalue weighted by atomic mass is 10.1. The summed E-state index contributed by atoms with van der Waals surface area (Å²) in [7, 11) is 1.59. The lowest BCUT2D eigenvalue weighted by Crippen LogP contribution is -1.94. The van der Waals surface area contributed by atoms with E-state index in [1.165, 1.54) is 6.08 Å². The first-order valence-electron chi connectivity index (χ1n) is 7.09. The molecular formula is C19H14ClNO2. The molecule has 0 bridgehead atoms. The van der Waals surface area contributed by atoms with Gasteiger partial charge >= 0.3 is 0 Å². The topological polar surface area (TPSA) is 39.2 Å². The second-order valence-corrected chi connectivity index (χ2v) is 5.35. The zero-order chi connectivity index (χ0) is 16.2. The molecule has 1 heterocycles. The number of pyridine rings is 1. The van der Waals surface area contributed by atoms with Gasteiger partial charge in [-0.05, 0) is 48.6 Å². The summed E-state index contributed by atoms with van der Waals surface area (Å²) >= 11 is 6.18. The Hall–Kier alpha value is -2.65. The van der Waals surface area contributed by atoms with Crippen molar-refractivity contribution in [3.8, 4) is 5.75 Å². The fourth-order valence-corrected chi connectivity index (χ4v) is 2.45. The maximum Gasteiger partial charge on any atom is 0.185 e. The van der Waals surface area contributed by atoms with Crippen LogP contribution in [0.15, 0.2) is 60.7 Å². The highest BCUT2D eigenvalue weighted by molar-refractivity contribution is 6.31. The molecule has 0 spiro atoms. The molecule has 114 valence electrons. The van der Waals surface area contributed by atoms with Crippen molar-refractivity contribution in [2.24, 2.45) is 0 Å². The highest BCUT2D eigenvalue weighted by Gasteiger charge is 2.05. The maximum absolute atomic E-state index is 12.2. The number of methoxy groups -OCH3 is 1. The van der Waals surface area contributed by atoms with Crippen molar-refractivity contribution in [3.63, 3.8) is 0 Å². The highest BCUT2D eigenvalue weighted by Crippen LogP contribution is 2.22. The summed E-state index contributed by atoms with van der Waals surface area (Å²) in [5, 5.41) is 1.36. The normalized spacial score (nSPS) is 11.0. The molecule has 3 aromatic rings. The number of ketones is 1. The molecule has 0 unspecified atom stereocenters. The molecule has 3 rings (SSSR count). The first-order valence-corrected chi connectivity index (χ1v) is 7.47. The van der Waals surface area contributed by atoms with Gasteiger partial charge in [-0.3, -0.25) is 4.79 Å². The fraction of sp³-hybridized carbons (Fsp3) is 0.0526. The molecule has 0 atom stereocenters. The van der Waals surface area contributed by atoms with Gasteiger partial charge in [0.2, 0.25) is 0 Å². The van der Waals surface area contributed by atoms with Crippen molar-refractivity contribution in [2.45, 2.75) is 0 Å². The Bertz CT molecular complexity index is 886. The minimum atomic E-state index is -0.100. The molecule has 0 aliphatic heterocycles. The van der Waals surface area contributed by atoms with Gasteiger partial charge in [-0.2, -0.15) is 0 Å². The van der Waals surface area contributed by atoms with Gasteiger partial charge in [0.25, 0.3) is 0 Å². The van der Waals surface area contributed by atoms with Crippen LogP contribution in [0.2, 0.25) is 5.15 Å². The van der Waals surface area contributed by atoms with Gasteiger partial charge in [0.05, 0.1) is 12.6 Å². The molecule has 1 aromatic heterocycles. The van der Waals surface area contributed by atoms with E-state index >= 15 is 0 Å². The highest BCUT2D eigenvalue weighted by atomic mass is 35.5. The molecule has 0 radical (unpaired) electrons. The van der Waals surface area contributed by atoms with Crippen molar-refractivity contribution in [2.75, 3.05) is 7.11 Å². The Morgan fingerprint density at radius 2 is 1.87 bits per heavy atom. The maximum atomic E-state index is 12.2. The largest absolute Gasteiger partial charge is 0.497 e. The quantitative estimate of drug-likeness (QED) is 0.393. The third kappa shape index (κ3) is 3.41. The zero-order valence-electron chi connectivity index (χ0n) is 12.5. The van der Waals surface area contributed by atoms with Crippen LogP contribution in [0.1, 0.15) is 15.9 Å². The number of benzene rings is 2. The molecule has 0 amide bonds. The zero-order valence-corrected chi connectivity index (χ0v) is 13.2. The third-order valence-corrected chi connectivity index (χ3v) is 3.80. The van der Waals surface area contributed by atoms with E-state index < -0.39 is 0 Å². The summed E-state index contributed by atoms with van der Waals surface area (Å²) in [4.78, 5) is 16.5. The summed E-state index contributed by atoms with van der Waals surface area (Å²) < 4.78 is 5.08. The van der Waals surface area contributed by atoms with Crippen molar-refractivity contribution in [1.29, 1.82) is 0 Å². The SMILES string of the molecule is COc1ccc(C(=O)/C=C/c2cc3ccccc3nc2Cl)cc1. The molecule has 0 saturated carbocycles. The van der Waals surface area contributed by atoms with E-state index in [9.17, 15) is 4.79 Å². The Morgan fingerprint density at radius 3 is 2.61 bits per heavy atom. The first kappa shape index (κ1) is 15.3. The molecule has 0 aliphatic rings. The second kappa shape index (κ2) is 6.63. The molecule has 23 heavy (non-hydrogen) atoms. The fourth-order valence-electron chi connectivity index (χ4n) is 2.24. The Kier molecular flexibility index (Phi) is 4.40. The monoisotopic (exact) mass is 323 g/mol. The van der Waals surface area contributed by atoms with Crippen LogP contribution in [0, 0.1) is 0 Å². The van der Waals surface area contributed by atoms with Crippen molar-refractivity contribution < 1.29 is 9.53 Å². The summed E-state index contributed by atoms with van der Waals surface area (Å²) in [5.41, 5.74) is 2.13. The summed E-state index contributed by atoms with van der Waals surface area (Å²) in [6.07, 6.45) is 3.19. The summed E-state index contributed by atoms with van der Waals surface area (Å²) in [5.74, 6) is 0.615. The number of carbonyl (C=O) groups is 1. The lowest BCUT2D eigenvalue weighted by molar-refractivity contribution is 0.104. The molecule has 0 N–H and O–H groups in total. The summed E-state index contributed by atoms with van der Waals surface area (Å²) in [6, 6.07) is 16.6. The number of fused-ring (bicyclic) bond motifs is 1. The van der Waals surface area contributed by atoms with E-state index in [0.29, 0.717) is 22.0 Å². The van der Waals surface area contributed by atoms with Gasteiger partial charge < -0.3 is 4.74 Å². The number of hydrogen-bond donors (Lipinski definition) is 0. The van der Waals surface area contributed by atoms with E-state index in [0.717, 1.165) is 10.9 Å². The smallest absolute Gasteiger partial charge is 0.185 e. The summed E-state index contributed by atoms with van der Waals surface area (Å²) in [6.45, 7) is 0. The Labute approximate surface area is 139 Å². The van der Waals surface area contributed by atoms with Crippen LogP contribution in [0.4, 0.5) is 0 Å². The average molecular weight is 324 g/mol. The number of allylic oxidation sites excluding steroid dienone is 1. The number of rotatable bonds is 4. The number of halogens is 1. The van der Waals surface area contributed by atoms with Crippen molar-refractivity contribution >= 4 is 34.4 Å². The van der Waals surface area contributed by atoms with E-state index in [1.807, 2.05) is 30.3 Å². The number of ether oxygens (including phenoxy) is 1. The van der Waals surface area contributed by atoms with Crippen LogP contribution in [0.3, 0.4) is 0 Å². The first-order chi connectivity index (χ1) is 11.2. The molecular weight excluding hydrogens is 310 g/mol. The minimum Gasteiger partial charge on any atom is -0.497 e. The number of para-hydroxylation sites is 1.